The van der Waals surface area contributed by atoms with Crippen LogP contribution < -0.4 is 11.1 Å². The maximum absolute atomic E-state index is 12.0. The van der Waals surface area contributed by atoms with Crippen LogP contribution in [0.4, 0.5) is 4.39 Å². The van der Waals surface area contributed by atoms with E-state index in [1.807, 2.05) is 0 Å². The van der Waals surface area contributed by atoms with Crippen LogP contribution in [0.3, 0.4) is 0 Å². The van der Waals surface area contributed by atoms with Crippen molar-refractivity contribution in [2.75, 3.05) is 6.54 Å². The molecule has 3 heteroatoms. The molecule has 40 valence electrons. The Balaban J connectivity index is 2.54. The van der Waals surface area contributed by atoms with Crippen molar-refractivity contribution in [1.82, 2.24) is 5.32 Å². The Kier molecular flexibility index (Phi) is 0.982. The fraction of sp³-hybridized carbons (Fsp3) is 0.500. The van der Waals surface area contributed by atoms with E-state index in [0.29, 0.717) is 6.54 Å². The molecule has 0 aromatic carbocycles. The highest BCUT2D eigenvalue weighted by Crippen LogP contribution is 2.03. The molecule has 1 rings (SSSR count). The van der Waals surface area contributed by atoms with Gasteiger partial charge < -0.3 is 11.1 Å². The molecule has 2 nitrogen and oxygen atoms in total. The van der Waals surface area contributed by atoms with E-state index in [2.05, 4.69) is 5.32 Å². The fourth-order valence-electron chi connectivity index (χ4n) is 0.488. The molecule has 7 heavy (non-hydrogen) atoms. The molecule has 0 fully saturated rings. The van der Waals surface area contributed by atoms with Gasteiger partial charge >= 0.3 is 0 Å². The second kappa shape index (κ2) is 1.50. The normalized spacial score (nSPS) is 29.4. The summed E-state index contributed by atoms with van der Waals surface area (Å²) < 4.78 is 12.0. The Morgan fingerprint density at radius 3 is 2.86 bits per heavy atom. The smallest absolute Gasteiger partial charge is 0.134 e. The molecule has 0 saturated carbocycles. The van der Waals surface area contributed by atoms with Crippen LogP contribution >= 0.6 is 0 Å². The van der Waals surface area contributed by atoms with Crippen LogP contribution in [0.2, 0.25) is 0 Å². The van der Waals surface area contributed by atoms with Gasteiger partial charge in [0.2, 0.25) is 0 Å². The van der Waals surface area contributed by atoms with Crippen molar-refractivity contribution in [2.24, 2.45) is 5.73 Å². The lowest BCUT2D eigenvalue weighted by molar-refractivity contribution is 0.565. The molecule has 0 amide bonds. The number of nitrogens with one attached hydrogen (secondary N) is 1. The van der Waals surface area contributed by atoms with Crippen molar-refractivity contribution in [2.45, 2.75) is 6.04 Å². The van der Waals surface area contributed by atoms with Crippen LogP contribution in [-0.2, 0) is 0 Å². The predicted molar refractivity (Wildman–Crippen MR) is 25.2 cm³/mol. The van der Waals surface area contributed by atoms with E-state index >= 15 is 0 Å². The minimum atomic E-state index is -0.403. The molecule has 0 saturated heterocycles. The van der Waals surface area contributed by atoms with Crippen LogP contribution in [-0.4, -0.2) is 12.6 Å². The van der Waals surface area contributed by atoms with Gasteiger partial charge in [-0.1, -0.05) is 0 Å². The van der Waals surface area contributed by atoms with Gasteiger partial charge in [-0.2, -0.15) is 0 Å². The summed E-state index contributed by atoms with van der Waals surface area (Å²) in [5.41, 5.74) is 5.17. The first-order valence-electron chi connectivity index (χ1n) is 2.15. The quantitative estimate of drug-likeness (QED) is 0.441. The topological polar surface area (TPSA) is 38.0 Å². The van der Waals surface area contributed by atoms with Crippen LogP contribution in [0, 0.1) is 0 Å². The second-order valence-electron chi connectivity index (χ2n) is 1.54. The molecule has 0 aromatic heterocycles. The Morgan fingerprint density at radius 2 is 2.71 bits per heavy atom. The number of hydrogen-bond donors (Lipinski definition) is 2. The molecule has 1 atom stereocenters. The highest BCUT2D eigenvalue weighted by Gasteiger charge is 2.12. The number of nitrogens with two attached hydrogens (primary N) is 1. The third-order valence-corrected chi connectivity index (χ3v) is 0.932. The van der Waals surface area contributed by atoms with E-state index in [4.69, 9.17) is 5.73 Å². The molecule has 1 aliphatic rings. The predicted octanol–water partition coefficient (Wildman–Crippen LogP) is -0.272. The maximum atomic E-state index is 12.0. The van der Waals surface area contributed by atoms with Crippen LogP contribution in [0.15, 0.2) is 12.0 Å². The molecule has 0 aromatic rings. The first-order chi connectivity index (χ1) is 3.30. The van der Waals surface area contributed by atoms with Crippen molar-refractivity contribution in [3.05, 3.63) is 12.0 Å². The summed E-state index contributed by atoms with van der Waals surface area (Å²) in [6.45, 7) is 0.534. The molecule has 0 aliphatic carbocycles. The summed E-state index contributed by atoms with van der Waals surface area (Å²) in [4.78, 5) is 0. The van der Waals surface area contributed by atoms with Crippen molar-refractivity contribution in [3.63, 3.8) is 0 Å². The van der Waals surface area contributed by atoms with Gasteiger partial charge in [0.15, 0.2) is 0 Å². The molecule has 3 N–H and O–H groups in total. The van der Waals surface area contributed by atoms with E-state index in [1.165, 1.54) is 6.20 Å². The fourth-order valence-corrected chi connectivity index (χ4v) is 0.488. The Morgan fingerprint density at radius 1 is 2.00 bits per heavy atom. The monoisotopic (exact) mass is 102 g/mol. The minimum Gasteiger partial charge on any atom is -0.387 e. The lowest BCUT2D eigenvalue weighted by Crippen LogP contribution is -2.24. The first kappa shape index (κ1) is 4.59. The molecular weight excluding hydrogens is 95.1 g/mol. The zero-order valence-electron chi connectivity index (χ0n) is 3.82. The number of hydrogen-bond acceptors (Lipinski definition) is 2. The van der Waals surface area contributed by atoms with Gasteiger partial charge in [0.1, 0.15) is 5.83 Å². The lowest BCUT2D eigenvalue weighted by atomic mass is 10.3. The summed E-state index contributed by atoms with van der Waals surface area (Å²) in [6, 6.07) is -0.403. The summed E-state index contributed by atoms with van der Waals surface area (Å²) in [6.07, 6.45) is 1.30. The van der Waals surface area contributed by atoms with Crippen molar-refractivity contribution >= 4 is 0 Å². The standard InChI is InChI=1S/C4H7FN2/c5-3-1-7-2-4(3)6/h1,4,7H,2,6H2/t4-/m1/s1. The molecule has 0 radical (unpaired) electrons. The summed E-state index contributed by atoms with van der Waals surface area (Å²) in [7, 11) is 0. The maximum Gasteiger partial charge on any atom is 0.134 e. The average Bonchev–Trinajstić information content (AvgIpc) is 1.91. The highest BCUT2D eigenvalue weighted by atomic mass is 19.1. The SMILES string of the molecule is N[C@@H]1CNC=C1F. The molecule has 1 aliphatic heterocycles. The van der Waals surface area contributed by atoms with Gasteiger partial charge in [0, 0.05) is 12.7 Å². The zero-order valence-corrected chi connectivity index (χ0v) is 3.82. The van der Waals surface area contributed by atoms with Crippen LogP contribution in [0.25, 0.3) is 0 Å². The van der Waals surface area contributed by atoms with Crippen molar-refractivity contribution < 1.29 is 4.39 Å². The highest BCUT2D eigenvalue weighted by molar-refractivity contribution is 5.06. The van der Waals surface area contributed by atoms with Gasteiger partial charge in [0.05, 0.1) is 6.04 Å². The molecular formula is C4H7FN2. The van der Waals surface area contributed by atoms with Gasteiger partial charge in [-0.05, 0) is 0 Å². The van der Waals surface area contributed by atoms with Gasteiger partial charge in [-0.15, -0.1) is 0 Å². The Hall–Kier alpha value is -0.570. The van der Waals surface area contributed by atoms with Crippen LogP contribution in [0.5, 0.6) is 0 Å². The summed E-state index contributed by atoms with van der Waals surface area (Å²) >= 11 is 0. The van der Waals surface area contributed by atoms with E-state index in [1.54, 1.807) is 0 Å². The molecule has 0 unspecified atom stereocenters. The second-order valence-corrected chi connectivity index (χ2v) is 1.54. The summed E-state index contributed by atoms with van der Waals surface area (Å²) in [5, 5.41) is 2.66. The van der Waals surface area contributed by atoms with Crippen LogP contribution in [0.1, 0.15) is 0 Å². The first-order valence-corrected chi connectivity index (χ1v) is 2.15. The third kappa shape index (κ3) is 0.718. The van der Waals surface area contributed by atoms with E-state index < -0.39 is 6.04 Å². The van der Waals surface area contributed by atoms with E-state index in [9.17, 15) is 4.39 Å². The largest absolute Gasteiger partial charge is 0.387 e. The summed E-state index contributed by atoms with van der Waals surface area (Å²) in [5.74, 6) is -0.250. The number of rotatable bonds is 0. The molecule has 1 heterocycles. The van der Waals surface area contributed by atoms with Gasteiger partial charge in [0.25, 0.3) is 0 Å². The van der Waals surface area contributed by atoms with Crippen molar-refractivity contribution in [3.8, 4) is 0 Å². The van der Waals surface area contributed by atoms with E-state index in [-0.39, 0.29) is 5.83 Å². The van der Waals surface area contributed by atoms with E-state index in [0.717, 1.165) is 0 Å². The Labute approximate surface area is 41.2 Å². The minimum absolute atomic E-state index is 0.250. The molecule has 0 spiro atoms. The third-order valence-electron chi connectivity index (χ3n) is 0.932. The average molecular weight is 102 g/mol. The van der Waals surface area contributed by atoms with Gasteiger partial charge in [-0.25, -0.2) is 4.39 Å². The zero-order chi connectivity index (χ0) is 5.28. The Bertz CT molecular complexity index is 99.9. The van der Waals surface area contributed by atoms with Gasteiger partial charge in [-0.3, -0.25) is 0 Å². The van der Waals surface area contributed by atoms with Crippen molar-refractivity contribution in [1.29, 1.82) is 0 Å². The molecule has 0 bridgehead atoms. The lowest BCUT2D eigenvalue weighted by Gasteiger charge is -1.95. The number of halogens is 1.